The summed E-state index contributed by atoms with van der Waals surface area (Å²) in [7, 11) is 0. The minimum Gasteiger partial charge on any atom is -0.479 e. The van der Waals surface area contributed by atoms with Crippen molar-refractivity contribution in [1.29, 1.82) is 0 Å². The number of carbonyl (C=O) groups excluding carboxylic acids is 1. The molecule has 0 aromatic carbocycles. The van der Waals surface area contributed by atoms with Gasteiger partial charge in [-0.2, -0.15) is 0 Å². The number of amides is 1. The van der Waals surface area contributed by atoms with Crippen molar-refractivity contribution in [3.63, 3.8) is 0 Å². The summed E-state index contributed by atoms with van der Waals surface area (Å²) in [5.74, 6) is -0.975. The average molecular weight is 215 g/mol. The quantitative estimate of drug-likeness (QED) is 0.393. The van der Waals surface area contributed by atoms with Crippen molar-refractivity contribution in [3.8, 4) is 0 Å². The molecule has 0 aliphatic heterocycles. The van der Waals surface area contributed by atoms with Crippen LogP contribution in [0.25, 0.3) is 0 Å². The summed E-state index contributed by atoms with van der Waals surface area (Å²) < 4.78 is 0. The van der Waals surface area contributed by atoms with Crippen molar-refractivity contribution in [2.24, 2.45) is 0 Å². The molecule has 1 fully saturated rings. The zero-order chi connectivity index (χ0) is 11.3. The topological polar surface area (TPSA) is 66.8 Å². The fraction of sp³-hybridized carbons (Fsp3) is 0.800. The number of aliphatic carboxylic acids is 1. The lowest BCUT2D eigenvalue weighted by Gasteiger charge is -2.43. The van der Waals surface area contributed by atoms with Crippen LogP contribution in [0.15, 0.2) is 0 Å². The molecule has 1 rings (SSSR count). The first-order valence-electron chi connectivity index (χ1n) is 5.28. The lowest BCUT2D eigenvalue weighted by Crippen LogP contribution is -2.58. The predicted molar refractivity (Wildman–Crippen MR) is 53.0 cm³/mol. The molecule has 0 spiro atoms. The molecule has 0 saturated heterocycles. The van der Waals surface area contributed by atoms with Gasteiger partial charge in [-0.05, 0) is 25.7 Å². The van der Waals surface area contributed by atoms with Crippen LogP contribution in [0.2, 0.25) is 0 Å². The number of unbranched alkanes of at least 4 members (excludes halogenated alkanes) is 1. The second-order valence-electron chi connectivity index (χ2n) is 3.81. The molecular formula is C10H17NO4. The second-order valence-corrected chi connectivity index (χ2v) is 3.81. The fourth-order valence-corrected chi connectivity index (χ4v) is 1.60. The number of carboxylic acids is 1. The van der Waals surface area contributed by atoms with Crippen LogP contribution in [0.4, 0.5) is 0 Å². The number of nitrogens with zero attached hydrogens (tertiary/aromatic N) is 1. The third-order valence-corrected chi connectivity index (χ3v) is 2.82. The van der Waals surface area contributed by atoms with E-state index in [0.29, 0.717) is 25.9 Å². The van der Waals surface area contributed by atoms with E-state index >= 15 is 0 Å². The average Bonchev–Trinajstić information content (AvgIpc) is 2.13. The van der Waals surface area contributed by atoms with E-state index < -0.39 is 11.5 Å². The van der Waals surface area contributed by atoms with Gasteiger partial charge in [-0.25, -0.2) is 9.86 Å². The Kier molecular flexibility index (Phi) is 4.08. The van der Waals surface area contributed by atoms with E-state index in [1.165, 1.54) is 0 Å². The first kappa shape index (κ1) is 12.0. The zero-order valence-corrected chi connectivity index (χ0v) is 8.94. The van der Waals surface area contributed by atoms with E-state index in [1.807, 2.05) is 6.92 Å². The standard InChI is InChI=1S/C10H17NO4/c1-2-3-7-15-11(8-12)10(9(13)14)5-4-6-10/h8H,2-7H2,1H3,(H,13,14). The van der Waals surface area contributed by atoms with Gasteiger partial charge in [0.25, 0.3) is 0 Å². The fourth-order valence-electron chi connectivity index (χ4n) is 1.60. The summed E-state index contributed by atoms with van der Waals surface area (Å²) in [6.07, 6.45) is 4.03. The van der Waals surface area contributed by atoms with E-state index in [4.69, 9.17) is 9.94 Å². The smallest absolute Gasteiger partial charge is 0.332 e. The van der Waals surface area contributed by atoms with E-state index in [2.05, 4.69) is 0 Å². The Labute approximate surface area is 89.0 Å². The predicted octanol–water partition coefficient (Wildman–Crippen LogP) is 1.18. The van der Waals surface area contributed by atoms with Crippen molar-refractivity contribution >= 4 is 12.4 Å². The van der Waals surface area contributed by atoms with E-state index in [0.717, 1.165) is 24.3 Å². The molecule has 0 aromatic heterocycles. The van der Waals surface area contributed by atoms with Gasteiger partial charge in [-0.3, -0.25) is 9.63 Å². The normalized spacial score (nSPS) is 17.9. The molecule has 1 saturated carbocycles. The second kappa shape index (κ2) is 5.11. The minimum absolute atomic E-state index is 0.393. The number of hydroxylamine groups is 2. The molecule has 0 unspecified atom stereocenters. The Morgan fingerprint density at radius 3 is 2.60 bits per heavy atom. The first-order chi connectivity index (χ1) is 7.17. The van der Waals surface area contributed by atoms with Gasteiger partial charge in [0.1, 0.15) is 0 Å². The molecular weight excluding hydrogens is 198 g/mol. The lowest BCUT2D eigenvalue weighted by molar-refractivity contribution is -0.232. The maximum absolute atomic E-state index is 11.1. The molecule has 0 atom stereocenters. The summed E-state index contributed by atoms with van der Waals surface area (Å²) >= 11 is 0. The SMILES string of the molecule is CCCCON(C=O)C1(C(=O)O)CCC1. The highest BCUT2D eigenvalue weighted by Gasteiger charge is 2.50. The number of hydrogen-bond acceptors (Lipinski definition) is 3. The molecule has 0 bridgehead atoms. The highest BCUT2D eigenvalue weighted by atomic mass is 16.7. The van der Waals surface area contributed by atoms with Crippen LogP contribution in [0.3, 0.4) is 0 Å². The molecule has 86 valence electrons. The van der Waals surface area contributed by atoms with Crippen LogP contribution in [0, 0.1) is 0 Å². The van der Waals surface area contributed by atoms with Crippen LogP contribution in [0.1, 0.15) is 39.0 Å². The summed E-state index contributed by atoms with van der Waals surface area (Å²) in [6.45, 7) is 2.40. The molecule has 5 nitrogen and oxygen atoms in total. The Hall–Kier alpha value is -1.10. The molecule has 1 N–H and O–H groups in total. The van der Waals surface area contributed by atoms with E-state index in [-0.39, 0.29) is 0 Å². The summed E-state index contributed by atoms with van der Waals surface area (Å²) in [6, 6.07) is 0. The van der Waals surface area contributed by atoms with Crippen LogP contribution in [-0.4, -0.2) is 34.7 Å². The Morgan fingerprint density at radius 1 is 1.60 bits per heavy atom. The van der Waals surface area contributed by atoms with Crippen LogP contribution < -0.4 is 0 Å². The van der Waals surface area contributed by atoms with Gasteiger partial charge in [0.15, 0.2) is 5.54 Å². The molecule has 1 amide bonds. The Balaban J connectivity index is 2.55. The molecule has 1 aliphatic rings. The molecule has 0 heterocycles. The first-order valence-corrected chi connectivity index (χ1v) is 5.28. The van der Waals surface area contributed by atoms with Crippen molar-refractivity contribution < 1.29 is 19.5 Å². The van der Waals surface area contributed by atoms with Crippen molar-refractivity contribution in [2.45, 2.75) is 44.6 Å². The van der Waals surface area contributed by atoms with E-state index in [1.54, 1.807) is 0 Å². The van der Waals surface area contributed by atoms with Gasteiger partial charge >= 0.3 is 5.97 Å². The van der Waals surface area contributed by atoms with Crippen LogP contribution >= 0.6 is 0 Å². The molecule has 0 radical (unpaired) electrons. The minimum atomic E-state index is -1.10. The lowest BCUT2D eigenvalue weighted by atomic mass is 9.76. The van der Waals surface area contributed by atoms with Crippen LogP contribution in [0.5, 0.6) is 0 Å². The van der Waals surface area contributed by atoms with Crippen molar-refractivity contribution in [2.75, 3.05) is 6.61 Å². The largest absolute Gasteiger partial charge is 0.479 e. The van der Waals surface area contributed by atoms with Crippen molar-refractivity contribution in [1.82, 2.24) is 5.06 Å². The maximum atomic E-state index is 11.1. The third-order valence-electron chi connectivity index (χ3n) is 2.82. The van der Waals surface area contributed by atoms with Crippen LogP contribution in [-0.2, 0) is 14.4 Å². The van der Waals surface area contributed by atoms with Crippen molar-refractivity contribution in [3.05, 3.63) is 0 Å². The Morgan fingerprint density at radius 2 is 2.27 bits per heavy atom. The van der Waals surface area contributed by atoms with E-state index in [9.17, 15) is 9.59 Å². The van der Waals surface area contributed by atoms with Gasteiger partial charge in [0.2, 0.25) is 6.41 Å². The van der Waals surface area contributed by atoms with Gasteiger partial charge in [-0.1, -0.05) is 13.3 Å². The number of carboxylic acid groups (broad SMARTS) is 1. The molecule has 5 heteroatoms. The molecule has 0 aromatic rings. The highest BCUT2D eigenvalue weighted by molar-refractivity contribution is 5.82. The molecule has 1 aliphatic carbocycles. The number of hydrogen-bond donors (Lipinski definition) is 1. The third kappa shape index (κ3) is 2.28. The Bertz CT molecular complexity index is 238. The number of rotatable bonds is 7. The van der Waals surface area contributed by atoms with Gasteiger partial charge in [0, 0.05) is 0 Å². The van der Waals surface area contributed by atoms with Gasteiger partial charge < -0.3 is 5.11 Å². The highest BCUT2D eigenvalue weighted by Crippen LogP contribution is 2.37. The van der Waals surface area contributed by atoms with Gasteiger partial charge in [0.05, 0.1) is 6.61 Å². The zero-order valence-electron chi connectivity index (χ0n) is 8.94. The molecule has 15 heavy (non-hydrogen) atoms. The summed E-state index contributed by atoms with van der Waals surface area (Å²) in [5, 5.41) is 10.0. The van der Waals surface area contributed by atoms with Gasteiger partial charge in [-0.15, -0.1) is 0 Å². The summed E-state index contributed by atoms with van der Waals surface area (Å²) in [4.78, 5) is 27.0. The number of carbonyl (C=O) groups is 2. The maximum Gasteiger partial charge on any atom is 0.332 e. The summed E-state index contributed by atoms with van der Waals surface area (Å²) in [5.41, 5.74) is -1.10. The monoisotopic (exact) mass is 215 g/mol.